The number of carbonyl (C=O) groups excluding carboxylic acids is 1. The first kappa shape index (κ1) is 10.6. The minimum absolute atomic E-state index is 0.00607. The molecule has 0 radical (unpaired) electrons. The average Bonchev–Trinajstić information content (AvgIpc) is 2.74. The van der Waals surface area contributed by atoms with Gasteiger partial charge in [-0.3, -0.25) is 4.79 Å². The SMILES string of the molecule is CC(Cc1cccs1)NC(=O)C1(N)CC1. The first-order valence-corrected chi connectivity index (χ1v) is 6.10. The average molecular weight is 224 g/mol. The molecule has 1 atom stereocenters. The lowest BCUT2D eigenvalue weighted by Gasteiger charge is -2.16. The van der Waals surface area contributed by atoms with Crippen molar-refractivity contribution in [1.82, 2.24) is 5.32 Å². The predicted molar refractivity (Wildman–Crippen MR) is 61.8 cm³/mol. The molecule has 3 nitrogen and oxygen atoms in total. The summed E-state index contributed by atoms with van der Waals surface area (Å²) in [7, 11) is 0. The fraction of sp³-hybridized carbons (Fsp3) is 0.545. The molecule has 3 N–H and O–H groups in total. The van der Waals surface area contributed by atoms with Crippen molar-refractivity contribution in [2.24, 2.45) is 5.73 Å². The minimum Gasteiger partial charge on any atom is -0.352 e. The van der Waals surface area contributed by atoms with E-state index in [-0.39, 0.29) is 11.9 Å². The van der Waals surface area contributed by atoms with Crippen molar-refractivity contribution in [1.29, 1.82) is 0 Å². The van der Waals surface area contributed by atoms with E-state index in [1.54, 1.807) is 11.3 Å². The quantitative estimate of drug-likeness (QED) is 0.809. The first-order chi connectivity index (χ1) is 7.10. The van der Waals surface area contributed by atoms with Gasteiger partial charge in [0.25, 0.3) is 0 Å². The Labute approximate surface area is 93.7 Å². The monoisotopic (exact) mass is 224 g/mol. The summed E-state index contributed by atoms with van der Waals surface area (Å²) in [5, 5.41) is 5.01. The zero-order chi connectivity index (χ0) is 10.9. The summed E-state index contributed by atoms with van der Waals surface area (Å²) >= 11 is 1.72. The molecular weight excluding hydrogens is 208 g/mol. The highest BCUT2D eigenvalue weighted by molar-refractivity contribution is 7.09. The summed E-state index contributed by atoms with van der Waals surface area (Å²) in [6.07, 6.45) is 2.54. The molecule has 1 amide bonds. The lowest BCUT2D eigenvalue weighted by molar-refractivity contribution is -0.123. The molecule has 0 bridgehead atoms. The summed E-state index contributed by atoms with van der Waals surface area (Å²) in [6.45, 7) is 2.02. The molecule has 1 aromatic rings. The Morgan fingerprint density at radius 1 is 1.73 bits per heavy atom. The number of rotatable bonds is 4. The van der Waals surface area contributed by atoms with E-state index in [0.717, 1.165) is 19.3 Å². The molecule has 1 heterocycles. The van der Waals surface area contributed by atoms with E-state index in [9.17, 15) is 4.79 Å². The van der Waals surface area contributed by atoms with Crippen LogP contribution in [0.25, 0.3) is 0 Å². The van der Waals surface area contributed by atoms with Crippen LogP contribution in [0.15, 0.2) is 17.5 Å². The van der Waals surface area contributed by atoms with Gasteiger partial charge in [-0.15, -0.1) is 11.3 Å². The number of thiophene rings is 1. The van der Waals surface area contributed by atoms with Crippen LogP contribution in [0, 0.1) is 0 Å². The van der Waals surface area contributed by atoms with Crippen LogP contribution < -0.4 is 11.1 Å². The second-order valence-corrected chi connectivity index (χ2v) is 5.35. The van der Waals surface area contributed by atoms with E-state index in [1.807, 2.05) is 13.0 Å². The van der Waals surface area contributed by atoms with Crippen molar-refractivity contribution in [3.63, 3.8) is 0 Å². The summed E-state index contributed by atoms with van der Waals surface area (Å²) in [5.41, 5.74) is 5.25. The standard InChI is InChI=1S/C11H16N2OS/c1-8(7-9-3-2-6-15-9)13-10(14)11(12)4-5-11/h2-3,6,8H,4-5,7,12H2,1H3,(H,13,14). The van der Waals surface area contributed by atoms with Crippen molar-refractivity contribution in [3.05, 3.63) is 22.4 Å². The van der Waals surface area contributed by atoms with Gasteiger partial charge in [-0.1, -0.05) is 6.07 Å². The lowest BCUT2D eigenvalue weighted by Crippen LogP contribution is -2.46. The molecule has 2 rings (SSSR count). The van der Waals surface area contributed by atoms with Crippen LogP contribution >= 0.6 is 11.3 Å². The van der Waals surface area contributed by atoms with E-state index >= 15 is 0 Å². The van der Waals surface area contributed by atoms with Crippen LogP contribution in [0.5, 0.6) is 0 Å². The maximum Gasteiger partial charge on any atom is 0.240 e. The van der Waals surface area contributed by atoms with Gasteiger partial charge in [-0.2, -0.15) is 0 Å². The lowest BCUT2D eigenvalue weighted by atomic mass is 10.2. The van der Waals surface area contributed by atoms with Crippen LogP contribution in [-0.4, -0.2) is 17.5 Å². The predicted octanol–water partition coefficient (Wildman–Crippen LogP) is 1.29. The van der Waals surface area contributed by atoms with Gasteiger partial charge in [0.1, 0.15) is 0 Å². The molecule has 4 heteroatoms. The van der Waals surface area contributed by atoms with Gasteiger partial charge in [0, 0.05) is 17.3 Å². The summed E-state index contributed by atoms with van der Waals surface area (Å²) in [6, 6.07) is 4.28. The molecule has 0 aliphatic heterocycles. The van der Waals surface area contributed by atoms with Crippen molar-refractivity contribution < 1.29 is 4.79 Å². The molecule has 0 spiro atoms. The van der Waals surface area contributed by atoms with Gasteiger partial charge >= 0.3 is 0 Å². The van der Waals surface area contributed by atoms with Crippen molar-refractivity contribution in [2.45, 2.75) is 37.8 Å². The minimum atomic E-state index is -0.552. The van der Waals surface area contributed by atoms with Gasteiger partial charge in [0.05, 0.1) is 5.54 Å². The van der Waals surface area contributed by atoms with E-state index in [0.29, 0.717) is 0 Å². The highest BCUT2D eigenvalue weighted by Crippen LogP contribution is 2.32. The maximum absolute atomic E-state index is 11.6. The highest BCUT2D eigenvalue weighted by Gasteiger charge is 2.46. The van der Waals surface area contributed by atoms with Gasteiger partial charge in [0.15, 0.2) is 0 Å². The van der Waals surface area contributed by atoms with Crippen LogP contribution in [0.3, 0.4) is 0 Å². The Balaban J connectivity index is 1.82. The third-order valence-electron chi connectivity index (χ3n) is 2.71. The van der Waals surface area contributed by atoms with E-state index in [2.05, 4.69) is 16.8 Å². The topological polar surface area (TPSA) is 55.1 Å². The molecule has 0 saturated heterocycles. The number of hydrogen-bond acceptors (Lipinski definition) is 3. The van der Waals surface area contributed by atoms with Gasteiger partial charge < -0.3 is 11.1 Å². The molecule has 0 aromatic carbocycles. The van der Waals surface area contributed by atoms with Crippen LogP contribution in [0.2, 0.25) is 0 Å². The van der Waals surface area contributed by atoms with E-state index in [1.165, 1.54) is 4.88 Å². The van der Waals surface area contributed by atoms with Gasteiger partial charge in [0.2, 0.25) is 5.91 Å². The molecule has 1 saturated carbocycles. The molecular formula is C11H16N2OS. The van der Waals surface area contributed by atoms with Crippen molar-refractivity contribution in [2.75, 3.05) is 0 Å². The van der Waals surface area contributed by atoms with Crippen LogP contribution in [-0.2, 0) is 11.2 Å². The van der Waals surface area contributed by atoms with E-state index in [4.69, 9.17) is 5.73 Å². The first-order valence-electron chi connectivity index (χ1n) is 5.22. The second kappa shape index (κ2) is 3.94. The molecule has 1 aliphatic rings. The van der Waals surface area contributed by atoms with Crippen LogP contribution in [0.4, 0.5) is 0 Å². The highest BCUT2D eigenvalue weighted by atomic mass is 32.1. The van der Waals surface area contributed by atoms with Crippen molar-refractivity contribution >= 4 is 17.2 Å². The Bertz CT molecular complexity index is 343. The normalized spacial score (nSPS) is 19.6. The second-order valence-electron chi connectivity index (χ2n) is 4.31. The molecule has 82 valence electrons. The third kappa shape index (κ3) is 2.58. The fourth-order valence-electron chi connectivity index (χ4n) is 1.51. The molecule has 1 fully saturated rings. The van der Waals surface area contributed by atoms with Crippen LogP contribution in [0.1, 0.15) is 24.6 Å². The summed E-state index contributed by atoms with van der Waals surface area (Å²) < 4.78 is 0. The summed E-state index contributed by atoms with van der Waals surface area (Å²) in [4.78, 5) is 12.9. The van der Waals surface area contributed by atoms with Gasteiger partial charge in [-0.25, -0.2) is 0 Å². The van der Waals surface area contributed by atoms with Gasteiger partial charge in [-0.05, 0) is 31.2 Å². The number of hydrogen-bond donors (Lipinski definition) is 2. The zero-order valence-corrected chi connectivity index (χ0v) is 9.64. The zero-order valence-electron chi connectivity index (χ0n) is 8.82. The number of nitrogens with two attached hydrogens (primary N) is 1. The number of amides is 1. The number of carbonyl (C=O) groups is 1. The molecule has 1 aromatic heterocycles. The van der Waals surface area contributed by atoms with E-state index < -0.39 is 5.54 Å². The fourth-order valence-corrected chi connectivity index (χ4v) is 2.35. The third-order valence-corrected chi connectivity index (χ3v) is 3.60. The van der Waals surface area contributed by atoms with Crippen molar-refractivity contribution in [3.8, 4) is 0 Å². The Kier molecular flexibility index (Phi) is 2.80. The molecule has 15 heavy (non-hydrogen) atoms. The summed E-state index contributed by atoms with van der Waals surface area (Å²) in [5.74, 6) is 0.00607. The Hall–Kier alpha value is -0.870. The number of nitrogens with one attached hydrogen (secondary N) is 1. The Morgan fingerprint density at radius 3 is 3.00 bits per heavy atom. The smallest absolute Gasteiger partial charge is 0.240 e. The molecule has 1 aliphatic carbocycles. The largest absolute Gasteiger partial charge is 0.352 e. The maximum atomic E-state index is 11.6. The molecule has 1 unspecified atom stereocenters. The Morgan fingerprint density at radius 2 is 2.47 bits per heavy atom.